The molecule has 7 N–H and O–H groups in total. The Kier molecular flexibility index (Phi) is 7.62. The van der Waals surface area contributed by atoms with Gasteiger partial charge in [0.2, 0.25) is 0 Å². The molecule has 2 amide bonds. The summed E-state index contributed by atoms with van der Waals surface area (Å²) in [4.78, 5) is 28.7. The average molecular weight is 455 g/mol. The first-order valence-corrected chi connectivity index (χ1v) is 10.2. The van der Waals surface area contributed by atoms with Gasteiger partial charge in [0, 0.05) is 13.2 Å². The zero-order valence-corrected chi connectivity index (χ0v) is 18.1. The Balaban J connectivity index is 1.74. The Hall–Kier alpha value is -3.92. The lowest BCUT2D eigenvalue weighted by atomic mass is 10.0. The number of hydrogen-bond acceptors (Lipinski definition) is 6. The second kappa shape index (κ2) is 10.6. The van der Waals surface area contributed by atoms with Crippen LogP contribution in [0.25, 0.3) is 5.70 Å². The van der Waals surface area contributed by atoms with E-state index in [0.717, 1.165) is 11.6 Å². The summed E-state index contributed by atoms with van der Waals surface area (Å²) < 4.78 is 23.9. The fourth-order valence-electron chi connectivity index (χ4n) is 3.36. The van der Waals surface area contributed by atoms with E-state index in [2.05, 4.69) is 10.3 Å². The molecule has 0 spiro atoms. The van der Waals surface area contributed by atoms with Gasteiger partial charge >= 0.3 is 0 Å². The van der Waals surface area contributed by atoms with Crippen LogP contribution in [0.4, 0.5) is 4.39 Å². The van der Waals surface area contributed by atoms with Crippen LogP contribution < -0.4 is 27.3 Å². The van der Waals surface area contributed by atoms with Crippen molar-refractivity contribution >= 4 is 23.3 Å². The third kappa shape index (κ3) is 5.86. The number of nitrogens with two attached hydrogens (primary N) is 3. The van der Waals surface area contributed by atoms with Crippen LogP contribution in [0.1, 0.15) is 27.9 Å². The summed E-state index contributed by atoms with van der Waals surface area (Å²) in [6, 6.07) is 10.4. The van der Waals surface area contributed by atoms with E-state index < -0.39 is 17.6 Å². The molecule has 10 heteroatoms. The van der Waals surface area contributed by atoms with Gasteiger partial charge in [-0.25, -0.2) is 4.39 Å². The van der Waals surface area contributed by atoms with Crippen LogP contribution in [-0.4, -0.2) is 44.0 Å². The third-order valence-electron chi connectivity index (χ3n) is 5.12. The number of rotatable bonds is 8. The molecule has 174 valence electrons. The lowest BCUT2D eigenvalue weighted by Crippen LogP contribution is -2.30. The number of methoxy groups -OCH3 is 1. The number of halogens is 1. The van der Waals surface area contributed by atoms with E-state index in [1.54, 1.807) is 24.3 Å². The minimum Gasteiger partial charge on any atom is -0.496 e. The van der Waals surface area contributed by atoms with Crippen LogP contribution in [0.2, 0.25) is 0 Å². The molecule has 0 bridgehead atoms. The number of carbonyl (C=O) groups is 2. The van der Waals surface area contributed by atoms with Crippen LogP contribution in [0.15, 0.2) is 53.0 Å². The van der Waals surface area contributed by atoms with Gasteiger partial charge in [0.1, 0.15) is 23.0 Å². The summed E-state index contributed by atoms with van der Waals surface area (Å²) in [7, 11) is 1.40. The van der Waals surface area contributed by atoms with E-state index in [1.165, 1.54) is 19.2 Å². The van der Waals surface area contributed by atoms with Crippen LogP contribution in [0.5, 0.6) is 5.75 Å². The van der Waals surface area contributed by atoms with Crippen molar-refractivity contribution in [3.63, 3.8) is 0 Å². The normalized spacial score (nSPS) is 16.8. The number of amidine groups is 1. The molecule has 0 saturated carbocycles. The van der Waals surface area contributed by atoms with Gasteiger partial charge in [-0.3, -0.25) is 14.6 Å². The molecule has 1 heterocycles. The molecule has 1 unspecified atom stereocenters. The molecule has 0 aliphatic carbocycles. The Labute approximate surface area is 190 Å². The summed E-state index contributed by atoms with van der Waals surface area (Å²) in [5.74, 6) is -1.57. The first-order chi connectivity index (χ1) is 15.8. The monoisotopic (exact) mass is 455 g/mol. The zero-order valence-electron chi connectivity index (χ0n) is 18.1. The fraction of sp³-hybridized carbons (Fsp3) is 0.261. The number of primary amides is 1. The van der Waals surface area contributed by atoms with E-state index >= 15 is 0 Å². The van der Waals surface area contributed by atoms with Gasteiger partial charge in [0.05, 0.1) is 31.0 Å². The molecule has 2 aromatic carbocycles. The Bertz CT molecular complexity index is 1090. The SMILES string of the molecule is COc1ccc(F)cc1C(=O)NCc1ccc(C(N)=C(C(N)=O)C(N)=NC2CCOC2)cc1. The second-order valence-corrected chi connectivity index (χ2v) is 7.41. The smallest absolute Gasteiger partial charge is 0.255 e. The Morgan fingerprint density at radius 1 is 1.18 bits per heavy atom. The van der Waals surface area contributed by atoms with E-state index in [1.807, 2.05) is 0 Å². The van der Waals surface area contributed by atoms with Crippen molar-refractivity contribution in [1.82, 2.24) is 5.32 Å². The van der Waals surface area contributed by atoms with Crippen molar-refractivity contribution in [3.8, 4) is 5.75 Å². The molecule has 9 nitrogen and oxygen atoms in total. The maximum atomic E-state index is 13.5. The first kappa shape index (κ1) is 23.7. The number of carbonyl (C=O) groups excluding carboxylic acids is 2. The standard InChI is InChI=1S/C23H26FN5O4/c1-32-18-7-6-15(24)10-17(18)23(31)28-11-13-2-4-14(5-3-13)20(25)19(22(27)30)21(26)29-16-8-9-33-12-16/h2-7,10,16H,8-9,11-12,25H2,1H3,(H2,26,29)(H2,27,30)(H,28,31). The number of hydrogen-bond donors (Lipinski definition) is 4. The molecular weight excluding hydrogens is 429 g/mol. The number of amides is 2. The topological polar surface area (TPSA) is 155 Å². The quantitative estimate of drug-likeness (QED) is 0.265. The predicted molar refractivity (Wildman–Crippen MR) is 122 cm³/mol. The minimum absolute atomic E-state index is 0.0316. The van der Waals surface area contributed by atoms with Crippen molar-refractivity contribution in [1.29, 1.82) is 0 Å². The third-order valence-corrected chi connectivity index (χ3v) is 5.12. The fourth-order valence-corrected chi connectivity index (χ4v) is 3.36. The molecule has 1 aliphatic heterocycles. The predicted octanol–water partition coefficient (Wildman–Crippen LogP) is 1.07. The van der Waals surface area contributed by atoms with E-state index in [9.17, 15) is 14.0 Å². The highest BCUT2D eigenvalue weighted by atomic mass is 19.1. The number of nitrogens with zero attached hydrogens (tertiary/aromatic N) is 1. The lowest BCUT2D eigenvalue weighted by molar-refractivity contribution is -0.114. The van der Waals surface area contributed by atoms with Gasteiger partial charge in [-0.15, -0.1) is 0 Å². The molecule has 1 atom stereocenters. The molecule has 2 aromatic rings. The van der Waals surface area contributed by atoms with E-state index in [4.69, 9.17) is 26.7 Å². The highest BCUT2D eigenvalue weighted by Gasteiger charge is 2.20. The molecule has 0 aromatic heterocycles. The van der Waals surface area contributed by atoms with Crippen LogP contribution >= 0.6 is 0 Å². The first-order valence-electron chi connectivity index (χ1n) is 10.2. The molecule has 1 aliphatic rings. The highest BCUT2D eigenvalue weighted by Crippen LogP contribution is 2.20. The summed E-state index contributed by atoms with van der Waals surface area (Å²) in [5.41, 5.74) is 19.1. The maximum Gasteiger partial charge on any atom is 0.255 e. The minimum atomic E-state index is -0.784. The van der Waals surface area contributed by atoms with E-state index in [-0.39, 0.29) is 41.0 Å². The van der Waals surface area contributed by atoms with Crippen molar-refractivity contribution < 1.29 is 23.5 Å². The van der Waals surface area contributed by atoms with Crippen molar-refractivity contribution in [3.05, 3.63) is 70.5 Å². The van der Waals surface area contributed by atoms with Crippen LogP contribution in [0, 0.1) is 5.82 Å². The highest BCUT2D eigenvalue weighted by molar-refractivity contribution is 6.24. The van der Waals surface area contributed by atoms with Crippen LogP contribution in [0.3, 0.4) is 0 Å². The molecule has 33 heavy (non-hydrogen) atoms. The average Bonchev–Trinajstić information content (AvgIpc) is 3.30. The van der Waals surface area contributed by atoms with Crippen molar-refractivity contribution in [2.75, 3.05) is 20.3 Å². The van der Waals surface area contributed by atoms with Gasteiger partial charge in [-0.05, 0) is 35.7 Å². The van der Waals surface area contributed by atoms with Crippen molar-refractivity contribution in [2.45, 2.75) is 19.0 Å². The Morgan fingerprint density at radius 2 is 1.91 bits per heavy atom. The zero-order chi connectivity index (χ0) is 24.0. The number of ether oxygens (including phenoxy) is 2. The van der Waals surface area contributed by atoms with Gasteiger partial charge in [0.25, 0.3) is 11.8 Å². The molecule has 1 fully saturated rings. The number of aliphatic imine (C=N–C) groups is 1. The molecular formula is C23H26FN5O4. The van der Waals surface area contributed by atoms with Gasteiger partial charge in [-0.1, -0.05) is 24.3 Å². The summed E-state index contributed by atoms with van der Waals surface area (Å²) >= 11 is 0. The molecule has 3 rings (SSSR count). The molecule has 1 saturated heterocycles. The number of benzene rings is 2. The van der Waals surface area contributed by atoms with Gasteiger partial charge in [-0.2, -0.15) is 0 Å². The van der Waals surface area contributed by atoms with Crippen molar-refractivity contribution in [2.24, 2.45) is 22.2 Å². The summed E-state index contributed by atoms with van der Waals surface area (Å²) in [6.45, 7) is 1.18. The van der Waals surface area contributed by atoms with E-state index in [0.29, 0.717) is 25.2 Å². The lowest BCUT2D eigenvalue weighted by Gasteiger charge is -2.12. The van der Waals surface area contributed by atoms with Gasteiger partial charge in [0.15, 0.2) is 0 Å². The molecule has 0 radical (unpaired) electrons. The van der Waals surface area contributed by atoms with Crippen LogP contribution in [-0.2, 0) is 16.1 Å². The Morgan fingerprint density at radius 3 is 2.52 bits per heavy atom. The number of nitrogens with one attached hydrogen (secondary N) is 1. The largest absolute Gasteiger partial charge is 0.496 e. The van der Waals surface area contributed by atoms with Gasteiger partial charge < -0.3 is 32.0 Å². The summed E-state index contributed by atoms with van der Waals surface area (Å²) in [6.07, 6.45) is 0.703. The maximum absolute atomic E-state index is 13.5. The second-order valence-electron chi connectivity index (χ2n) is 7.41. The summed E-state index contributed by atoms with van der Waals surface area (Å²) in [5, 5.41) is 2.71.